The van der Waals surface area contributed by atoms with Gasteiger partial charge in [0.2, 0.25) is 11.8 Å². The summed E-state index contributed by atoms with van der Waals surface area (Å²) in [6, 6.07) is 1.46. The highest BCUT2D eigenvalue weighted by Gasteiger charge is 2.30. The van der Waals surface area contributed by atoms with E-state index in [0.29, 0.717) is 31.9 Å². The number of piperidine rings is 1. The maximum Gasteiger partial charge on any atom is 0.269 e. The van der Waals surface area contributed by atoms with Gasteiger partial charge in [-0.1, -0.05) is 0 Å². The summed E-state index contributed by atoms with van der Waals surface area (Å²) in [6.07, 6.45) is 3.16. The van der Waals surface area contributed by atoms with E-state index in [2.05, 4.69) is 5.10 Å². The van der Waals surface area contributed by atoms with Crippen LogP contribution in [0.4, 0.5) is 5.69 Å². The topological polar surface area (TPSA) is 78.8 Å². The molecule has 1 fully saturated rings. The number of anilines is 1. The maximum atomic E-state index is 12.6. The molecule has 1 aromatic heterocycles. The zero-order valence-electron chi connectivity index (χ0n) is 16.1. The molecule has 8 nitrogen and oxygen atoms in total. The normalized spacial score (nSPS) is 17.1. The first kappa shape index (κ1) is 19.9. The van der Waals surface area contributed by atoms with Crippen LogP contribution in [-0.2, 0) is 16.1 Å². The molecule has 8 heteroatoms. The van der Waals surface area contributed by atoms with E-state index in [1.165, 1.54) is 10.7 Å². The van der Waals surface area contributed by atoms with Gasteiger partial charge in [-0.15, -0.1) is 0 Å². The number of aromatic nitrogens is 2. The van der Waals surface area contributed by atoms with Crippen LogP contribution < -0.4 is 10.5 Å². The van der Waals surface area contributed by atoms with Crippen LogP contribution in [0, 0.1) is 5.92 Å². The molecule has 1 aromatic rings. The number of hydrogen-bond acceptors (Lipinski definition) is 5. The number of amides is 2. The Hall–Kier alpha value is -2.38. The summed E-state index contributed by atoms with van der Waals surface area (Å²) in [5.41, 5.74) is 0.388. The molecule has 2 rings (SSSR count). The fraction of sp³-hybridized carbons (Fsp3) is 0.667. The van der Waals surface area contributed by atoms with Gasteiger partial charge in [-0.3, -0.25) is 14.4 Å². The highest BCUT2D eigenvalue weighted by atomic mass is 16.2. The molecule has 1 aliphatic heterocycles. The molecule has 0 bridgehead atoms. The summed E-state index contributed by atoms with van der Waals surface area (Å²) >= 11 is 0. The smallest absolute Gasteiger partial charge is 0.269 e. The van der Waals surface area contributed by atoms with Crippen molar-refractivity contribution in [3.05, 3.63) is 22.6 Å². The SMILES string of the molecule is CCN(CC)C(=O)[C@@H]1CCCN(C(=O)Cn2ncc(N(C)C)cc2=O)C1. The lowest BCUT2D eigenvalue weighted by Crippen LogP contribution is -2.48. The minimum atomic E-state index is -0.308. The summed E-state index contributed by atoms with van der Waals surface area (Å²) in [5, 5.41) is 4.08. The zero-order valence-corrected chi connectivity index (χ0v) is 16.1. The van der Waals surface area contributed by atoms with Gasteiger partial charge in [0, 0.05) is 46.3 Å². The second kappa shape index (κ2) is 8.82. The Bertz CT molecular complexity index is 696. The molecule has 1 saturated heterocycles. The quantitative estimate of drug-likeness (QED) is 0.732. The lowest BCUT2D eigenvalue weighted by atomic mass is 9.96. The fourth-order valence-corrected chi connectivity index (χ4v) is 3.21. The first-order valence-electron chi connectivity index (χ1n) is 9.18. The van der Waals surface area contributed by atoms with Crippen molar-refractivity contribution in [2.75, 3.05) is 45.2 Å². The lowest BCUT2D eigenvalue weighted by Gasteiger charge is -2.34. The van der Waals surface area contributed by atoms with Crippen molar-refractivity contribution in [3.63, 3.8) is 0 Å². The number of carbonyl (C=O) groups is 2. The Labute approximate surface area is 154 Å². The van der Waals surface area contributed by atoms with Crippen LogP contribution in [0.1, 0.15) is 26.7 Å². The molecule has 0 unspecified atom stereocenters. The fourth-order valence-electron chi connectivity index (χ4n) is 3.21. The Morgan fingerprint density at radius 2 is 1.96 bits per heavy atom. The predicted molar refractivity (Wildman–Crippen MR) is 100 cm³/mol. The van der Waals surface area contributed by atoms with Crippen LogP contribution >= 0.6 is 0 Å². The Morgan fingerprint density at radius 1 is 1.27 bits per heavy atom. The van der Waals surface area contributed by atoms with Crippen molar-refractivity contribution < 1.29 is 9.59 Å². The van der Waals surface area contributed by atoms with E-state index in [1.807, 2.05) is 32.8 Å². The first-order valence-corrected chi connectivity index (χ1v) is 9.18. The minimum Gasteiger partial charge on any atom is -0.376 e. The second-order valence-electron chi connectivity index (χ2n) is 6.79. The summed E-state index contributed by atoms with van der Waals surface area (Å²) in [4.78, 5) is 42.6. The van der Waals surface area contributed by atoms with Crippen LogP contribution in [0.3, 0.4) is 0 Å². The minimum absolute atomic E-state index is 0.0985. The molecule has 2 amide bonds. The summed E-state index contributed by atoms with van der Waals surface area (Å²) in [6.45, 7) is 6.21. The van der Waals surface area contributed by atoms with Crippen LogP contribution in [0.5, 0.6) is 0 Å². The standard InChI is InChI=1S/C18H29N5O3/c1-5-21(6-2)18(26)14-8-7-9-22(12-14)17(25)13-23-16(24)10-15(11-19-23)20(3)4/h10-11,14H,5-9,12-13H2,1-4H3/t14-/m1/s1. The van der Waals surface area contributed by atoms with E-state index in [9.17, 15) is 14.4 Å². The maximum absolute atomic E-state index is 12.6. The van der Waals surface area contributed by atoms with Crippen LogP contribution in [0.25, 0.3) is 0 Å². The van der Waals surface area contributed by atoms with E-state index < -0.39 is 0 Å². The van der Waals surface area contributed by atoms with Gasteiger partial charge >= 0.3 is 0 Å². The molecule has 0 N–H and O–H groups in total. The third-order valence-electron chi connectivity index (χ3n) is 4.86. The van der Waals surface area contributed by atoms with Crippen LogP contribution in [0.2, 0.25) is 0 Å². The number of nitrogens with zero attached hydrogens (tertiary/aromatic N) is 5. The molecule has 0 aliphatic carbocycles. The van der Waals surface area contributed by atoms with Gasteiger partial charge in [-0.05, 0) is 26.7 Å². The molecule has 0 spiro atoms. The Kier molecular flexibility index (Phi) is 6.76. The second-order valence-corrected chi connectivity index (χ2v) is 6.79. The molecule has 26 heavy (non-hydrogen) atoms. The summed E-state index contributed by atoms with van der Waals surface area (Å²) in [5.74, 6) is -0.222. The van der Waals surface area contributed by atoms with Crippen molar-refractivity contribution in [1.29, 1.82) is 0 Å². The van der Waals surface area contributed by atoms with Crippen molar-refractivity contribution in [2.24, 2.45) is 5.92 Å². The molecule has 0 radical (unpaired) electrons. The molecule has 2 heterocycles. The van der Waals surface area contributed by atoms with Gasteiger partial charge in [0.1, 0.15) is 6.54 Å². The Balaban J connectivity index is 2.03. The van der Waals surface area contributed by atoms with Crippen molar-refractivity contribution in [3.8, 4) is 0 Å². The highest BCUT2D eigenvalue weighted by Crippen LogP contribution is 2.19. The number of likely N-dealkylation sites (tertiary alicyclic amines) is 1. The van der Waals surface area contributed by atoms with Crippen molar-refractivity contribution in [2.45, 2.75) is 33.2 Å². The van der Waals surface area contributed by atoms with Gasteiger partial charge in [-0.2, -0.15) is 5.10 Å². The van der Waals surface area contributed by atoms with Gasteiger partial charge in [0.15, 0.2) is 0 Å². The largest absolute Gasteiger partial charge is 0.376 e. The van der Waals surface area contributed by atoms with E-state index in [4.69, 9.17) is 0 Å². The average Bonchev–Trinajstić information content (AvgIpc) is 2.64. The molecular formula is C18H29N5O3. The third kappa shape index (κ3) is 4.62. The first-order chi connectivity index (χ1) is 12.4. The van der Waals surface area contributed by atoms with E-state index in [0.717, 1.165) is 12.8 Å². The van der Waals surface area contributed by atoms with Gasteiger partial charge in [0.25, 0.3) is 5.56 Å². The average molecular weight is 363 g/mol. The molecule has 1 atom stereocenters. The molecule has 1 aliphatic rings. The zero-order chi connectivity index (χ0) is 19.3. The van der Waals surface area contributed by atoms with Gasteiger partial charge < -0.3 is 14.7 Å². The third-order valence-corrected chi connectivity index (χ3v) is 4.86. The van der Waals surface area contributed by atoms with Gasteiger partial charge in [-0.25, -0.2) is 4.68 Å². The van der Waals surface area contributed by atoms with E-state index in [-0.39, 0.29) is 29.8 Å². The van der Waals surface area contributed by atoms with Crippen LogP contribution in [0.15, 0.2) is 17.1 Å². The summed E-state index contributed by atoms with van der Waals surface area (Å²) < 4.78 is 1.17. The number of hydrogen-bond donors (Lipinski definition) is 0. The van der Waals surface area contributed by atoms with Gasteiger partial charge in [0.05, 0.1) is 17.8 Å². The molecule has 0 aromatic carbocycles. The molecular weight excluding hydrogens is 334 g/mol. The van der Waals surface area contributed by atoms with Crippen molar-refractivity contribution >= 4 is 17.5 Å². The molecule has 144 valence electrons. The monoisotopic (exact) mass is 363 g/mol. The number of carbonyl (C=O) groups excluding carboxylic acids is 2. The highest BCUT2D eigenvalue weighted by molar-refractivity contribution is 5.81. The lowest BCUT2D eigenvalue weighted by molar-refractivity contribution is -0.141. The molecule has 0 saturated carbocycles. The number of rotatable bonds is 6. The van der Waals surface area contributed by atoms with E-state index in [1.54, 1.807) is 16.0 Å². The van der Waals surface area contributed by atoms with Crippen LogP contribution in [-0.4, -0.2) is 71.7 Å². The van der Waals surface area contributed by atoms with Crippen molar-refractivity contribution in [1.82, 2.24) is 19.6 Å². The predicted octanol–water partition coefficient (Wildman–Crippen LogP) is 0.416. The Morgan fingerprint density at radius 3 is 2.54 bits per heavy atom. The summed E-state index contributed by atoms with van der Waals surface area (Å²) in [7, 11) is 3.65. The van der Waals surface area contributed by atoms with E-state index >= 15 is 0 Å².